The molecule has 0 aliphatic rings. The first kappa shape index (κ1) is 10.8. The van der Waals surface area contributed by atoms with Crippen LogP contribution in [0.1, 0.15) is 0 Å². The summed E-state index contributed by atoms with van der Waals surface area (Å²) in [6, 6.07) is 4.48. The van der Waals surface area contributed by atoms with Crippen molar-refractivity contribution >= 4 is 23.2 Å². The smallest absolute Gasteiger partial charge is 0.195 e. The van der Waals surface area contributed by atoms with Crippen molar-refractivity contribution < 1.29 is 4.39 Å². The number of halogens is 2. The van der Waals surface area contributed by atoms with Crippen molar-refractivity contribution in [1.82, 2.24) is 5.32 Å². The lowest BCUT2D eigenvalue weighted by Crippen LogP contribution is -2.27. The van der Waals surface area contributed by atoms with Crippen molar-refractivity contribution in [2.45, 2.75) is 0 Å². The number of guanidine groups is 1. The van der Waals surface area contributed by atoms with Crippen LogP contribution in [0.4, 0.5) is 10.1 Å². The Labute approximate surface area is 87.0 Å². The van der Waals surface area contributed by atoms with E-state index in [-0.39, 0.29) is 5.69 Å². The highest BCUT2D eigenvalue weighted by Gasteiger charge is 2.07. The number of nitrogens with one attached hydrogen (secondary N) is 2. The van der Waals surface area contributed by atoms with Crippen LogP contribution in [-0.2, 0) is 0 Å². The second-order valence-corrected chi connectivity index (χ2v) is 2.95. The van der Waals surface area contributed by atoms with Gasteiger partial charge in [0.25, 0.3) is 0 Å². The van der Waals surface area contributed by atoms with E-state index < -0.39 is 5.82 Å². The van der Waals surface area contributed by atoms with Gasteiger partial charge in [0.05, 0.1) is 10.7 Å². The molecule has 0 atom stereocenters. The first-order chi connectivity index (χ1) is 6.69. The molecule has 2 N–H and O–H groups in total. The van der Waals surface area contributed by atoms with Gasteiger partial charge in [-0.05, 0) is 12.1 Å². The van der Waals surface area contributed by atoms with Crippen LogP contribution in [0.5, 0.6) is 0 Å². The molecule has 0 saturated carbocycles. The van der Waals surface area contributed by atoms with E-state index in [1.807, 2.05) is 0 Å². The standard InChI is InChI=1S/C9H11ClFN3/c1-12-9(13-2)14-8-6(10)4-3-5-7(8)11/h3-5H,1-2H3,(H2,12,13,14). The maximum Gasteiger partial charge on any atom is 0.195 e. The lowest BCUT2D eigenvalue weighted by molar-refractivity contribution is 0.632. The van der Waals surface area contributed by atoms with Crippen molar-refractivity contribution in [2.24, 2.45) is 4.99 Å². The van der Waals surface area contributed by atoms with Gasteiger partial charge in [-0.3, -0.25) is 4.99 Å². The molecule has 0 amide bonds. The summed E-state index contributed by atoms with van der Waals surface area (Å²) >= 11 is 5.80. The molecule has 1 aromatic carbocycles. The van der Waals surface area contributed by atoms with Gasteiger partial charge >= 0.3 is 0 Å². The summed E-state index contributed by atoms with van der Waals surface area (Å²) in [6.07, 6.45) is 0. The lowest BCUT2D eigenvalue weighted by atomic mass is 10.3. The van der Waals surface area contributed by atoms with Crippen LogP contribution in [0.15, 0.2) is 23.2 Å². The number of nitrogens with zero attached hydrogens (tertiary/aromatic N) is 1. The molecule has 0 aliphatic heterocycles. The quantitative estimate of drug-likeness (QED) is 0.556. The summed E-state index contributed by atoms with van der Waals surface area (Å²) in [4.78, 5) is 3.85. The molecule has 14 heavy (non-hydrogen) atoms. The zero-order valence-corrected chi connectivity index (χ0v) is 8.69. The zero-order chi connectivity index (χ0) is 10.6. The van der Waals surface area contributed by atoms with Crippen LogP contribution in [0.2, 0.25) is 5.02 Å². The molecule has 0 fully saturated rings. The van der Waals surface area contributed by atoms with Crippen molar-refractivity contribution in [3.8, 4) is 0 Å². The van der Waals surface area contributed by atoms with E-state index in [1.165, 1.54) is 6.07 Å². The van der Waals surface area contributed by atoms with E-state index in [2.05, 4.69) is 15.6 Å². The van der Waals surface area contributed by atoms with Crippen LogP contribution in [-0.4, -0.2) is 20.1 Å². The van der Waals surface area contributed by atoms with Crippen LogP contribution in [0.3, 0.4) is 0 Å². The summed E-state index contributed by atoms with van der Waals surface area (Å²) in [5, 5.41) is 5.84. The van der Waals surface area contributed by atoms with Gasteiger partial charge in [-0.2, -0.15) is 0 Å². The average molecular weight is 216 g/mol. The first-order valence-electron chi connectivity index (χ1n) is 4.04. The zero-order valence-electron chi connectivity index (χ0n) is 7.94. The highest BCUT2D eigenvalue weighted by molar-refractivity contribution is 6.33. The van der Waals surface area contributed by atoms with Gasteiger partial charge in [0, 0.05) is 14.1 Å². The summed E-state index contributed by atoms with van der Waals surface area (Å²) in [5.41, 5.74) is 0.226. The Bertz CT molecular complexity index is 332. The van der Waals surface area contributed by atoms with Crippen molar-refractivity contribution in [3.05, 3.63) is 29.0 Å². The third kappa shape index (κ3) is 2.35. The molecule has 5 heteroatoms. The second-order valence-electron chi connectivity index (χ2n) is 2.54. The molecule has 0 spiro atoms. The third-order valence-electron chi connectivity index (χ3n) is 1.67. The van der Waals surface area contributed by atoms with Gasteiger partial charge in [0.1, 0.15) is 5.82 Å². The Morgan fingerprint density at radius 3 is 2.71 bits per heavy atom. The molecule has 0 aromatic heterocycles. The Kier molecular flexibility index (Phi) is 3.71. The molecular formula is C9H11ClFN3. The normalized spacial score (nSPS) is 11.3. The summed E-state index contributed by atoms with van der Waals surface area (Å²) in [7, 11) is 3.28. The molecule has 1 aromatic rings. The van der Waals surface area contributed by atoms with Gasteiger partial charge in [-0.1, -0.05) is 17.7 Å². The van der Waals surface area contributed by atoms with Crippen molar-refractivity contribution in [2.75, 3.05) is 19.4 Å². The number of hydrogen-bond donors (Lipinski definition) is 2. The molecule has 0 unspecified atom stereocenters. The number of aliphatic imine (C=N–C) groups is 1. The maximum absolute atomic E-state index is 13.3. The van der Waals surface area contributed by atoms with E-state index in [9.17, 15) is 4.39 Å². The number of benzene rings is 1. The summed E-state index contributed by atoms with van der Waals surface area (Å²) < 4.78 is 13.3. The minimum Gasteiger partial charge on any atom is -0.359 e. The molecule has 3 nitrogen and oxygen atoms in total. The predicted molar refractivity (Wildman–Crippen MR) is 57.5 cm³/mol. The molecule has 0 aliphatic carbocycles. The fraction of sp³-hybridized carbons (Fsp3) is 0.222. The van der Waals surface area contributed by atoms with E-state index in [1.54, 1.807) is 26.2 Å². The van der Waals surface area contributed by atoms with Gasteiger partial charge in [0.15, 0.2) is 5.96 Å². The van der Waals surface area contributed by atoms with E-state index >= 15 is 0 Å². The fourth-order valence-corrected chi connectivity index (χ4v) is 1.18. The summed E-state index contributed by atoms with van der Waals surface area (Å²) in [5.74, 6) is 0.0471. The molecule has 1 rings (SSSR count). The minimum atomic E-state index is -0.408. The third-order valence-corrected chi connectivity index (χ3v) is 1.98. The number of hydrogen-bond acceptors (Lipinski definition) is 1. The van der Waals surface area contributed by atoms with Crippen molar-refractivity contribution in [3.63, 3.8) is 0 Å². The second kappa shape index (κ2) is 4.81. The molecule has 0 heterocycles. The van der Waals surface area contributed by atoms with E-state index in [0.29, 0.717) is 11.0 Å². The van der Waals surface area contributed by atoms with Crippen LogP contribution >= 0.6 is 11.6 Å². The van der Waals surface area contributed by atoms with E-state index in [0.717, 1.165) is 0 Å². The molecular weight excluding hydrogens is 205 g/mol. The van der Waals surface area contributed by atoms with Gasteiger partial charge in [-0.15, -0.1) is 0 Å². The number of para-hydroxylation sites is 1. The van der Waals surface area contributed by atoms with Crippen LogP contribution < -0.4 is 10.6 Å². The fourth-order valence-electron chi connectivity index (χ4n) is 0.966. The van der Waals surface area contributed by atoms with Gasteiger partial charge in [0.2, 0.25) is 0 Å². The Hall–Kier alpha value is -1.29. The first-order valence-corrected chi connectivity index (χ1v) is 4.42. The largest absolute Gasteiger partial charge is 0.359 e. The molecule has 0 bridgehead atoms. The highest BCUT2D eigenvalue weighted by atomic mass is 35.5. The molecule has 76 valence electrons. The Morgan fingerprint density at radius 2 is 2.21 bits per heavy atom. The lowest BCUT2D eigenvalue weighted by Gasteiger charge is -2.10. The average Bonchev–Trinajstić information content (AvgIpc) is 2.18. The van der Waals surface area contributed by atoms with Crippen molar-refractivity contribution in [1.29, 1.82) is 0 Å². The Morgan fingerprint density at radius 1 is 1.50 bits per heavy atom. The predicted octanol–water partition coefficient (Wildman–Crippen LogP) is 2.10. The maximum atomic E-state index is 13.3. The summed E-state index contributed by atoms with van der Waals surface area (Å²) in [6.45, 7) is 0. The van der Waals surface area contributed by atoms with Crippen LogP contribution in [0.25, 0.3) is 0 Å². The minimum absolute atomic E-state index is 0.226. The van der Waals surface area contributed by atoms with E-state index in [4.69, 9.17) is 11.6 Å². The SMILES string of the molecule is CN=C(NC)Nc1c(F)cccc1Cl. The topological polar surface area (TPSA) is 36.4 Å². The van der Waals surface area contributed by atoms with Crippen LogP contribution in [0, 0.1) is 5.82 Å². The molecule has 0 radical (unpaired) electrons. The Balaban J connectivity index is 2.96. The number of rotatable bonds is 1. The van der Waals surface area contributed by atoms with Gasteiger partial charge in [-0.25, -0.2) is 4.39 Å². The number of anilines is 1. The van der Waals surface area contributed by atoms with Gasteiger partial charge < -0.3 is 10.6 Å². The monoisotopic (exact) mass is 215 g/mol. The highest BCUT2D eigenvalue weighted by Crippen LogP contribution is 2.24. The molecule has 0 saturated heterocycles.